The van der Waals surface area contributed by atoms with Crippen LogP contribution in [0, 0.1) is 0 Å². The SMILES string of the molecule is CCOC(=O)C(C)(F)[Se]C. The first-order valence-corrected chi connectivity index (χ1v) is 5.52. The Kier molecular flexibility index (Phi) is 3.91. The van der Waals surface area contributed by atoms with E-state index in [-0.39, 0.29) is 21.6 Å². The van der Waals surface area contributed by atoms with Gasteiger partial charge in [-0.05, 0) is 0 Å². The van der Waals surface area contributed by atoms with Crippen LogP contribution in [-0.4, -0.2) is 32.1 Å². The number of carbonyl (C=O) groups is 1. The maximum atomic E-state index is 13.0. The Bertz CT molecular complexity index is 125. The summed E-state index contributed by atoms with van der Waals surface area (Å²) in [5.41, 5.74) is 0. The Labute approximate surface area is 66.3 Å². The van der Waals surface area contributed by atoms with E-state index in [1.807, 2.05) is 0 Å². The van der Waals surface area contributed by atoms with E-state index in [9.17, 15) is 9.18 Å². The number of hydrogen-bond acceptors (Lipinski definition) is 2. The van der Waals surface area contributed by atoms with Gasteiger partial charge in [0, 0.05) is 0 Å². The van der Waals surface area contributed by atoms with Gasteiger partial charge in [0.05, 0.1) is 0 Å². The zero-order valence-corrected chi connectivity index (χ0v) is 8.02. The van der Waals surface area contributed by atoms with Crippen LogP contribution in [-0.2, 0) is 9.53 Å². The summed E-state index contributed by atoms with van der Waals surface area (Å²) in [7, 11) is 0. The van der Waals surface area contributed by atoms with Gasteiger partial charge in [0.1, 0.15) is 0 Å². The molecule has 1 atom stereocenters. The normalized spacial score (nSPS) is 16.0. The molecule has 0 saturated heterocycles. The molecule has 0 bridgehead atoms. The molecule has 0 fully saturated rings. The second-order valence-electron chi connectivity index (χ2n) is 1.84. The first-order valence-electron chi connectivity index (χ1n) is 2.96. The molecular formula is C6H11FO2Se. The molecule has 2 nitrogen and oxygen atoms in total. The fourth-order valence-electron chi connectivity index (χ4n) is 0.343. The standard InChI is InChI=1S/C6H11FO2Se/c1-4-9-5(8)6(2,7)10-3/h4H2,1-3H3. The van der Waals surface area contributed by atoms with Crippen molar-refractivity contribution >= 4 is 20.9 Å². The molecular weight excluding hydrogens is 202 g/mol. The van der Waals surface area contributed by atoms with Crippen LogP contribution >= 0.6 is 0 Å². The molecule has 0 rings (SSSR count). The first kappa shape index (κ1) is 9.92. The molecule has 0 aliphatic rings. The molecule has 0 radical (unpaired) electrons. The van der Waals surface area contributed by atoms with Gasteiger partial charge in [-0.15, -0.1) is 0 Å². The van der Waals surface area contributed by atoms with Crippen LogP contribution in [0.1, 0.15) is 13.8 Å². The van der Waals surface area contributed by atoms with E-state index in [1.165, 1.54) is 6.92 Å². The van der Waals surface area contributed by atoms with Crippen molar-refractivity contribution in [2.24, 2.45) is 0 Å². The van der Waals surface area contributed by atoms with Gasteiger partial charge in [-0.3, -0.25) is 0 Å². The van der Waals surface area contributed by atoms with Crippen LogP contribution in [0.4, 0.5) is 4.39 Å². The molecule has 0 aliphatic carbocycles. The number of alkyl halides is 1. The summed E-state index contributed by atoms with van der Waals surface area (Å²) < 4.78 is 15.7. The molecule has 0 heterocycles. The first-order chi connectivity index (χ1) is 4.54. The van der Waals surface area contributed by atoms with Gasteiger partial charge in [0.2, 0.25) is 0 Å². The Balaban J connectivity index is 3.91. The summed E-state index contributed by atoms with van der Waals surface area (Å²) >= 11 is -0.348. The monoisotopic (exact) mass is 214 g/mol. The van der Waals surface area contributed by atoms with Gasteiger partial charge in [0.25, 0.3) is 0 Å². The van der Waals surface area contributed by atoms with E-state index in [4.69, 9.17) is 0 Å². The zero-order chi connectivity index (χ0) is 8.20. The van der Waals surface area contributed by atoms with Crippen molar-refractivity contribution in [3.63, 3.8) is 0 Å². The number of carbonyl (C=O) groups excluding carboxylic acids is 1. The molecule has 0 saturated carbocycles. The van der Waals surface area contributed by atoms with E-state index in [0.29, 0.717) is 0 Å². The zero-order valence-electron chi connectivity index (χ0n) is 6.31. The van der Waals surface area contributed by atoms with Crippen LogP contribution in [0.3, 0.4) is 0 Å². The van der Waals surface area contributed by atoms with Crippen molar-refractivity contribution < 1.29 is 13.9 Å². The number of hydrogen-bond donors (Lipinski definition) is 0. The van der Waals surface area contributed by atoms with Gasteiger partial charge in [-0.25, -0.2) is 0 Å². The number of esters is 1. The van der Waals surface area contributed by atoms with Crippen molar-refractivity contribution in [1.82, 2.24) is 0 Å². The van der Waals surface area contributed by atoms with Crippen LogP contribution in [0.15, 0.2) is 0 Å². The van der Waals surface area contributed by atoms with E-state index in [2.05, 4.69) is 4.74 Å². The maximum absolute atomic E-state index is 13.0. The molecule has 60 valence electrons. The van der Waals surface area contributed by atoms with Gasteiger partial charge >= 0.3 is 65.7 Å². The Morgan fingerprint density at radius 1 is 1.80 bits per heavy atom. The van der Waals surface area contributed by atoms with Crippen molar-refractivity contribution in [2.75, 3.05) is 6.61 Å². The van der Waals surface area contributed by atoms with Gasteiger partial charge in [-0.1, -0.05) is 0 Å². The third-order valence-corrected chi connectivity index (χ3v) is 2.98. The van der Waals surface area contributed by atoms with Crippen LogP contribution in [0.5, 0.6) is 0 Å². The summed E-state index contributed by atoms with van der Waals surface area (Å²) in [6, 6.07) is 0. The minimum absolute atomic E-state index is 0.244. The number of halogens is 1. The summed E-state index contributed by atoms with van der Waals surface area (Å²) in [5, 5.41) is 0. The van der Waals surface area contributed by atoms with Crippen molar-refractivity contribution in [2.45, 2.75) is 24.2 Å². The van der Waals surface area contributed by atoms with Gasteiger partial charge in [0.15, 0.2) is 0 Å². The Morgan fingerprint density at radius 2 is 2.30 bits per heavy atom. The summed E-state index contributed by atoms with van der Waals surface area (Å²) in [6.07, 6.45) is 0. The third kappa shape index (κ3) is 2.67. The van der Waals surface area contributed by atoms with Crippen LogP contribution in [0.2, 0.25) is 5.82 Å². The van der Waals surface area contributed by atoms with Gasteiger partial charge in [-0.2, -0.15) is 0 Å². The molecule has 0 aliphatic heterocycles. The van der Waals surface area contributed by atoms with Gasteiger partial charge < -0.3 is 0 Å². The second kappa shape index (κ2) is 3.94. The minimum atomic E-state index is -1.75. The molecule has 1 unspecified atom stereocenters. The quantitative estimate of drug-likeness (QED) is 0.516. The number of ether oxygens (including phenoxy) is 1. The molecule has 0 aromatic rings. The molecule has 0 amide bonds. The average molecular weight is 213 g/mol. The predicted octanol–water partition coefficient (Wildman–Crippen LogP) is 0.987. The molecule has 4 heteroatoms. The summed E-state index contributed by atoms with van der Waals surface area (Å²) in [6.45, 7) is 3.16. The fraction of sp³-hybridized carbons (Fsp3) is 0.833. The van der Waals surface area contributed by atoms with E-state index < -0.39 is 10.5 Å². The van der Waals surface area contributed by atoms with Crippen LogP contribution in [0.25, 0.3) is 0 Å². The van der Waals surface area contributed by atoms with Crippen LogP contribution < -0.4 is 0 Å². The number of rotatable bonds is 3. The molecule has 0 N–H and O–H groups in total. The predicted molar refractivity (Wildman–Crippen MR) is 37.8 cm³/mol. The molecule has 0 aromatic carbocycles. The Hall–Kier alpha value is -0.0805. The third-order valence-electron chi connectivity index (χ3n) is 1.02. The average Bonchev–Trinajstić information content (AvgIpc) is 1.89. The van der Waals surface area contributed by atoms with Crippen molar-refractivity contribution in [3.8, 4) is 0 Å². The molecule has 0 aromatic heterocycles. The fourth-order valence-corrected chi connectivity index (χ4v) is 0.817. The molecule has 0 spiro atoms. The summed E-state index contributed by atoms with van der Waals surface area (Å²) in [5.74, 6) is 0.932. The van der Waals surface area contributed by atoms with Crippen molar-refractivity contribution in [1.29, 1.82) is 0 Å². The summed E-state index contributed by atoms with van der Waals surface area (Å²) in [4.78, 5) is 10.7. The molecule has 10 heavy (non-hydrogen) atoms. The topological polar surface area (TPSA) is 26.3 Å². The van der Waals surface area contributed by atoms with E-state index in [1.54, 1.807) is 12.7 Å². The van der Waals surface area contributed by atoms with E-state index >= 15 is 0 Å². The Morgan fingerprint density at radius 3 is 2.60 bits per heavy atom. The second-order valence-corrected chi connectivity index (χ2v) is 4.31. The van der Waals surface area contributed by atoms with Crippen molar-refractivity contribution in [3.05, 3.63) is 0 Å². The van der Waals surface area contributed by atoms with E-state index in [0.717, 1.165) is 0 Å².